The lowest BCUT2D eigenvalue weighted by atomic mass is 9.87. The van der Waals surface area contributed by atoms with Crippen molar-refractivity contribution in [3.8, 4) is 23.0 Å². The molecule has 1 atom stereocenters. The second kappa shape index (κ2) is 6.31. The highest BCUT2D eigenvalue weighted by Gasteiger charge is 2.41. The van der Waals surface area contributed by atoms with Gasteiger partial charge in [0, 0.05) is 33.5 Å². The fourth-order valence-corrected chi connectivity index (χ4v) is 3.99. The van der Waals surface area contributed by atoms with Crippen LogP contribution < -0.4 is 16.0 Å². The average Bonchev–Trinajstić information content (AvgIpc) is 3.45. The summed E-state index contributed by atoms with van der Waals surface area (Å²) in [5, 5.41) is 11.7. The van der Waals surface area contributed by atoms with E-state index in [2.05, 4.69) is 25.4 Å². The first-order valence-electron chi connectivity index (χ1n) is 9.20. The van der Waals surface area contributed by atoms with Crippen molar-refractivity contribution in [3.63, 3.8) is 0 Å². The van der Waals surface area contributed by atoms with Crippen molar-refractivity contribution in [2.24, 2.45) is 5.41 Å². The Labute approximate surface area is 159 Å². The molecule has 8 heteroatoms. The Bertz CT molecular complexity index is 960. The molecule has 2 aromatic heterocycles. The third-order valence-electron chi connectivity index (χ3n) is 5.53. The molecule has 0 bridgehead atoms. The van der Waals surface area contributed by atoms with Crippen molar-refractivity contribution in [2.75, 3.05) is 36.8 Å². The number of nitrogens with one attached hydrogen (secondary N) is 1. The molecular weight excluding hydrogens is 342 g/mol. The normalized spacial score (nSPS) is 22.0. The summed E-state index contributed by atoms with van der Waals surface area (Å²) in [5.74, 6) is 1.83. The maximum Gasteiger partial charge on any atom is 0.270 e. The maximum absolute atomic E-state index is 6.05. The van der Waals surface area contributed by atoms with Crippen LogP contribution in [0.4, 0.5) is 11.6 Å². The van der Waals surface area contributed by atoms with E-state index in [9.17, 15) is 0 Å². The number of benzene rings is 1. The minimum absolute atomic E-state index is 0. The van der Waals surface area contributed by atoms with Crippen LogP contribution in [-0.4, -0.2) is 46.3 Å². The van der Waals surface area contributed by atoms with E-state index in [4.69, 9.17) is 15.1 Å². The Balaban J connectivity index is 0.00000120. The van der Waals surface area contributed by atoms with Crippen LogP contribution in [0.25, 0.3) is 23.0 Å². The van der Waals surface area contributed by atoms with Gasteiger partial charge in [-0.15, -0.1) is 10.2 Å². The van der Waals surface area contributed by atoms with E-state index in [-0.39, 0.29) is 8.74 Å². The smallest absolute Gasteiger partial charge is 0.270 e. The van der Waals surface area contributed by atoms with Crippen LogP contribution in [-0.2, 0) is 0 Å². The van der Waals surface area contributed by atoms with E-state index in [1.807, 2.05) is 30.3 Å². The van der Waals surface area contributed by atoms with E-state index in [1.165, 1.54) is 12.8 Å². The number of nitrogens with zero attached hydrogens (tertiary/aromatic N) is 5. The summed E-state index contributed by atoms with van der Waals surface area (Å²) in [7, 11) is 0. The second-order valence-electron chi connectivity index (χ2n) is 7.34. The first-order valence-corrected chi connectivity index (χ1v) is 9.20. The predicted octanol–water partition coefficient (Wildman–Crippen LogP) is 2.46. The SMILES string of the molecule is Nc1ncc(N2CCC3(CCNC3)C2)nc1-c1nnc(-c2ccccc2)o1.[HH].[HH]. The van der Waals surface area contributed by atoms with Gasteiger partial charge in [0.1, 0.15) is 5.82 Å². The van der Waals surface area contributed by atoms with Crippen molar-refractivity contribution in [3.05, 3.63) is 36.5 Å². The van der Waals surface area contributed by atoms with Crippen LogP contribution in [0.3, 0.4) is 0 Å². The fourth-order valence-electron chi connectivity index (χ4n) is 3.99. The molecular formula is C19H25N7O. The Morgan fingerprint density at radius 2 is 2.00 bits per heavy atom. The molecule has 0 amide bonds. The van der Waals surface area contributed by atoms with Crippen molar-refractivity contribution >= 4 is 11.6 Å². The number of hydrogen-bond acceptors (Lipinski definition) is 8. The molecule has 1 unspecified atom stereocenters. The van der Waals surface area contributed by atoms with E-state index in [1.54, 1.807) is 6.20 Å². The van der Waals surface area contributed by atoms with Gasteiger partial charge in [0.15, 0.2) is 11.5 Å². The standard InChI is InChI=1S/C19H21N7O.2H2/c20-16-15(18-25-24-17(27-18)13-4-2-1-3-5-13)23-14(10-22-16)26-9-7-19(12-26)6-8-21-11-19;;/h1-5,10,21H,6-9,11-12H2,(H2,20,22);2*1H. The van der Waals surface area contributed by atoms with Gasteiger partial charge in [-0.25, -0.2) is 9.97 Å². The van der Waals surface area contributed by atoms with Gasteiger partial charge in [-0.3, -0.25) is 0 Å². The zero-order valence-corrected chi connectivity index (χ0v) is 14.9. The highest BCUT2D eigenvalue weighted by atomic mass is 16.4. The first-order chi connectivity index (χ1) is 13.2. The summed E-state index contributed by atoms with van der Waals surface area (Å²) >= 11 is 0. The van der Waals surface area contributed by atoms with E-state index < -0.39 is 0 Å². The fraction of sp³-hybridized carbons (Fsp3) is 0.368. The van der Waals surface area contributed by atoms with Crippen molar-refractivity contribution in [1.29, 1.82) is 0 Å². The summed E-state index contributed by atoms with van der Waals surface area (Å²) in [4.78, 5) is 11.3. The molecule has 1 aromatic carbocycles. The lowest BCUT2D eigenvalue weighted by molar-refractivity contribution is 0.369. The lowest BCUT2D eigenvalue weighted by Crippen LogP contribution is -2.29. The summed E-state index contributed by atoms with van der Waals surface area (Å²) in [6, 6.07) is 9.63. The van der Waals surface area contributed by atoms with Crippen molar-refractivity contribution < 1.29 is 7.27 Å². The largest absolute Gasteiger partial charge is 0.414 e. The van der Waals surface area contributed by atoms with Crippen LogP contribution in [0.2, 0.25) is 0 Å². The number of nitrogens with two attached hydrogens (primary N) is 1. The number of aromatic nitrogens is 4. The van der Waals surface area contributed by atoms with Gasteiger partial charge in [-0.2, -0.15) is 0 Å². The van der Waals surface area contributed by atoms with Crippen LogP contribution in [0.15, 0.2) is 40.9 Å². The molecule has 0 radical (unpaired) electrons. The molecule has 2 aliphatic rings. The quantitative estimate of drug-likeness (QED) is 0.727. The van der Waals surface area contributed by atoms with Gasteiger partial charge in [-0.05, 0) is 31.5 Å². The Hall–Kier alpha value is -3.00. The maximum atomic E-state index is 6.05. The number of anilines is 2. The second-order valence-corrected chi connectivity index (χ2v) is 7.34. The molecule has 2 saturated heterocycles. The molecule has 5 rings (SSSR count). The molecule has 3 aromatic rings. The first kappa shape index (κ1) is 16.2. The minimum Gasteiger partial charge on any atom is -0.414 e. The monoisotopic (exact) mass is 367 g/mol. The number of hydrogen-bond donors (Lipinski definition) is 2. The molecule has 1 spiro atoms. The number of nitrogen functional groups attached to an aromatic ring is 1. The van der Waals surface area contributed by atoms with Gasteiger partial charge < -0.3 is 20.4 Å². The van der Waals surface area contributed by atoms with Crippen LogP contribution >= 0.6 is 0 Å². The van der Waals surface area contributed by atoms with Crippen LogP contribution in [0.5, 0.6) is 0 Å². The lowest BCUT2D eigenvalue weighted by Gasteiger charge is -2.23. The molecule has 27 heavy (non-hydrogen) atoms. The van der Waals surface area contributed by atoms with E-state index >= 15 is 0 Å². The van der Waals surface area contributed by atoms with Crippen LogP contribution in [0, 0.1) is 5.41 Å². The summed E-state index contributed by atoms with van der Waals surface area (Å²) in [5.41, 5.74) is 7.70. The van der Waals surface area contributed by atoms with Gasteiger partial charge in [0.2, 0.25) is 5.89 Å². The molecule has 142 valence electrons. The molecule has 0 aliphatic carbocycles. The van der Waals surface area contributed by atoms with Crippen LogP contribution in [0.1, 0.15) is 15.7 Å². The van der Waals surface area contributed by atoms with Gasteiger partial charge in [-0.1, -0.05) is 18.2 Å². The third kappa shape index (κ3) is 2.91. The number of rotatable bonds is 3. The van der Waals surface area contributed by atoms with Gasteiger partial charge >= 0.3 is 0 Å². The summed E-state index contributed by atoms with van der Waals surface area (Å²) in [6.07, 6.45) is 4.11. The average molecular weight is 367 g/mol. The summed E-state index contributed by atoms with van der Waals surface area (Å²) in [6.45, 7) is 4.12. The zero-order valence-electron chi connectivity index (χ0n) is 14.9. The highest BCUT2D eigenvalue weighted by Crippen LogP contribution is 2.38. The molecule has 2 aliphatic heterocycles. The predicted molar refractivity (Wildman–Crippen MR) is 106 cm³/mol. The van der Waals surface area contributed by atoms with Crippen molar-refractivity contribution in [1.82, 2.24) is 25.5 Å². The van der Waals surface area contributed by atoms with Gasteiger partial charge in [0.05, 0.1) is 6.20 Å². The minimum atomic E-state index is 0. The third-order valence-corrected chi connectivity index (χ3v) is 5.53. The topological polar surface area (TPSA) is 106 Å². The van der Waals surface area contributed by atoms with E-state index in [0.29, 0.717) is 22.8 Å². The molecule has 8 nitrogen and oxygen atoms in total. The highest BCUT2D eigenvalue weighted by molar-refractivity contribution is 5.65. The Morgan fingerprint density at radius 3 is 2.81 bits per heavy atom. The zero-order chi connectivity index (χ0) is 18.3. The molecule has 4 heterocycles. The Morgan fingerprint density at radius 1 is 1.15 bits per heavy atom. The van der Waals surface area contributed by atoms with Crippen molar-refractivity contribution in [2.45, 2.75) is 12.8 Å². The molecule has 0 saturated carbocycles. The summed E-state index contributed by atoms with van der Waals surface area (Å²) < 4.78 is 5.81. The molecule has 3 N–H and O–H groups in total. The van der Waals surface area contributed by atoms with E-state index in [0.717, 1.165) is 37.6 Å². The van der Waals surface area contributed by atoms with Gasteiger partial charge in [0.25, 0.3) is 5.89 Å². The Kier molecular flexibility index (Phi) is 3.78. The molecule has 2 fully saturated rings.